The van der Waals surface area contributed by atoms with Gasteiger partial charge in [0.05, 0.1) is 41.3 Å². The van der Waals surface area contributed by atoms with Crippen LogP contribution in [0.2, 0.25) is 0 Å². The maximum atomic E-state index is 9.77. The van der Waals surface area contributed by atoms with E-state index in [4.69, 9.17) is 0 Å². The summed E-state index contributed by atoms with van der Waals surface area (Å²) in [6, 6.07) is 9.50. The molecule has 0 heterocycles. The first-order valence-corrected chi connectivity index (χ1v) is 20.0. The molecule has 0 spiro atoms. The number of aliphatic carboxylic acids is 2. The second-order valence-electron chi connectivity index (χ2n) is 15.8. The smallest absolute Gasteiger partial charge is 0.104 e. The molecule has 0 aliphatic carbocycles. The third-order valence-electron chi connectivity index (χ3n) is 9.46. The SMILES string of the molecule is CCCCCCCCCCCC[N+](C)(C)Cc1cccc(C[N+](C)(C)CCCCCCCCCCCC)c1.O=C([O-])CCCCC(=O)[O-]. The molecule has 280 valence electrons. The Morgan fingerprint density at radius 2 is 0.771 bits per heavy atom. The molecule has 6 nitrogen and oxygen atoms in total. The monoisotopic (exact) mass is 675 g/mol. The highest BCUT2D eigenvalue weighted by Crippen LogP contribution is 2.18. The lowest BCUT2D eigenvalue weighted by molar-refractivity contribution is -0.904. The molecular formula is C42H78N2O4. The Morgan fingerprint density at radius 3 is 1.06 bits per heavy atom. The van der Waals surface area contributed by atoms with Crippen LogP contribution in [-0.2, 0) is 22.7 Å². The van der Waals surface area contributed by atoms with Crippen LogP contribution in [0.15, 0.2) is 24.3 Å². The van der Waals surface area contributed by atoms with Crippen molar-refractivity contribution >= 4 is 11.9 Å². The van der Waals surface area contributed by atoms with Crippen molar-refractivity contribution in [3.63, 3.8) is 0 Å². The van der Waals surface area contributed by atoms with Crippen LogP contribution in [-0.4, -0.2) is 62.2 Å². The average molecular weight is 675 g/mol. The van der Waals surface area contributed by atoms with E-state index in [0.717, 1.165) is 22.1 Å². The summed E-state index contributed by atoms with van der Waals surface area (Å²) in [4.78, 5) is 19.5. The minimum Gasteiger partial charge on any atom is -0.550 e. The van der Waals surface area contributed by atoms with E-state index in [-0.39, 0.29) is 12.8 Å². The van der Waals surface area contributed by atoms with Crippen LogP contribution >= 0.6 is 0 Å². The number of carboxylic acids is 2. The summed E-state index contributed by atoms with van der Waals surface area (Å²) >= 11 is 0. The van der Waals surface area contributed by atoms with E-state index in [1.807, 2.05) is 0 Å². The van der Waals surface area contributed by atoms with E-state index < -0.39 is 11.9 Å². The van der Waals surface area contributed by atoms with Crippen LogP contribution in [0.3, 0.4) is 0 Å². The molecular weight excluding hydrogens is 596 g/mol. The lowest BCUT2D eigenvalue weighted by Gasteiger charge is -2.31. The van der Waals surface area contributed by atoms with Gasteiger partial charge in [-0.1, -0.05) is 135 Å². The van der Waals surface area contributed by atoms with Gasteiger partial charge in [-0.3, -0.25) is 0 Å². The molecule has 0 N–H and O–H groups in total. The van der Waals surface area contributed by atoms with Gasteiger partial charge >= 0.3 is 0 Å². The first-order valence-electron chi connectivity index (χ1n) is 20.0. The van der Waals surface area contributed by atoms with Crippen molar-refractivity contribution in [2.24, 2.45) is 0 Å². The van der Waals surface area contributed by atoms with Crippen molar-refractivity contribution < 1.29 is 28.8 Å². The third-order valence-corrected chi connectivity index (χ3v) is 9.46. The Hall–Kier alpha value is -1.92. The van der Waals surface area contributed by atoms with Crippen molar-refractivity contribution in [3.8, 4) is 0 Å². The zero-order valence-corrected chi connectivity index (χ0v) is 32.6. The number of carboxylic acid groups (broad SMARTS) is 2. The van der Waals surface area contributed by atoms with Gasteiger partial charge < -0.3 is 28.8 Å². The minimum absolute atomic E-state index is 0.0761. The first-order chi connectivity index (χ1) is 22.9. The maximum Gasteiger partial charge on any atom is 0.104 e. The number of unbranched alkanes of at least 4 members (excludes halogenated alkanes) is 19. The van der Waals surface area contributed by atoms with Crippen LogP contribution < -0.4 is 10.2 Å². The third kappa shape index (κ3) is 31.4. The number of benzene rings is 1. The van der Waals surface area contributed by atoms with Gasteiger partial charge in [0.1, 0.15) is 13.1 Å². The van der Waals surface area contributed by atoms with Gasteiger partial charge in [0, 0.05) is 23.1 Å². The molecule has 48 heavy (non-hydrogen) atoms. The summed E-state index contributed by atoms with van der Waals surface area (Å²) in [5.41, 5.74) is 3.03. The molecule has 0 saturated carbocycles. The molecule has 0 bridgehead atoms. The zero-order valence-electron chi connectivity index (χ0n) is 32.6. The quantitative estimate of drug-likeness (QED) is 0.0583. The van der Waals surface area contributed by atoms with Crippen LogP contribution in [0.4, 0.5) is 0 Å². The van der Waals surface area contributed by atoms with Gasteiger partial charge in [0.2, 0.25) is 0 Å². The van der Waals surface area contributed by atoms with Crippen LogP contribution in [0.1, 0.15) is 179 Å². The summed E-state index contributed by atoms with van der Waals surface area (Å²) in [7, 11) is 9.69. The van der Waals surface area contributed by atoms with Gasteiger partial charge in [-0.25, -0.2) is 0 Å². The maximum absolute atomic E-state index is 9.77. The lowest BCUT2D eigenvalue weighted by atomic mass is 10.1. The van der Waals surface area contributed by atoms with E-state index in [9.17, 15) is 19.8 Å². The predicted molar refractivity (Wildman–Crippen MR) is 200 cm³/mol. The van der Waals surface area contributed by atoms with E-state index in [2.05, 4.69) is 66.3 Å². The fourth-order valence-electron chi connectivity index (χ4n) is 6.57. The Kier molecular flexibility index (Phi) is 28.8. The molecule has 0 radical (unpaired) electrons. The molecule has 0 aliphatic heterocycles. The van der Waals surface area contributed by atoms with Crippen LogP contribution in [0.25, 0.3) is 0 Å². The molecule has 6 heteroatoms. The van der Waals surface area contributed by atoms with Gasteiger partial charge in [-0.2, -0.15) is 0 Å². The van der Waals surface area contributed by atoms with Gasteiger partial charge in [0.15, 0.2) is 0 Å². The van der Waals surface area contributed by atoms with Crippen LogP contribution in [0.5, 0.6) is 0 Å². The second kappa shape index (κ2) is 29.9. The number of quaternary nitrogens is 2. The molecule has 0 aromatic heterocycles. The average Bonchev–Trinajstić information content (AvgIpc) is 3.01. The standard InChI is InChI=1S/C36H70N2.C6H10O4/c1-7-9-11-13-15-17-19-21-23-25-30-37(3,4)33-35-28-27-29-36(32-35)34-38(5,6)31-26-24-22-20-18-16-14-12-10-8-2;7-5(8)3-1-2-4-6(9)10/h27-29,32H,7-26,30-31,33-34H2,1-6H3;1-4H2,(H,7,8)(H,9,10)/q+2;/p-2. The van der Waals surface area contributed by atoms with E-state index in [1.165, 1.54) is 153 Å². The summed E-state index contributed by atoms with van der Waals surface area (Å²) in [5, 5.41) is 19.5. The Balaban J connectivity index is 0.00000190. The van der Waals surface area contributed by atoms with E-state index in [1.54, 1.807) is 0 Å². The van der Waals surface area contributed by atoms with Crippen molar-refractivity contribution in [2.45, 2.75) is 181 Å². The van der Waals surface area contributed by atoms with E-state index >= 15 is 0 Å². The number of hydrogen-bond acceptors (Lipinski definition) is 4. The summed E-state index contributed by atoms with van der Waals surface area (Å²) in [5.74, 6) is -2.28. The van der Waals surface area contributed by atoms with Crippen LogP contribution in [0, 0.1) is 0 Å². The Labute approximate surface area is 297 Å². The fraction of sp³-hybridized carbons (Fsp3) is 0.810. The molecule has 0 unspecified atom stereocenters. The molecule has 0 saturated heterocycles. The molecule has 0 amide bonds. The molecule has 0 atom stereocenters. The Bertz CT molecular complexity index is 845. The van der Waals surface area contributed by atoms with Gasteiger partial charge in [-0.15, -0.1) is 0 Å². The topological polar surface area (TPSA) is 80.3 Å². The highest BCUT2D eigenvalue weighted by Gasteiger charge is 2.18. The normalized spacial score (nSPS) is 11.7. The van der Waals surface area contributed by atoms with E-state index in [0.29, 0.717) is 12.8 Å². The second-order valence-corrected chi connectivity index (χ2v) is 15.8. The predicted octanol–water partition coefficient (Wildman–Crippen LogP) is 8.73. The van der Waals surface area contributed by atoms with Crippen molar-refractivity contribution in [2.75, 3.05) is 41.3 Å². The molecule has 1 aromatic carbocycles. The number of carbonyl (C=O) groups is 2. The summed E-state index contributed by atoms with van der Waals surface area (Å²) < 4.78 is 2.22. The number of hydrogen-bond donors (Lipinski definition) is 0. The lowest BCUT2D eigenvalue weighted by Crippen LogP contribution is -2.40. The largest absolute Gasteiger partial charge is 0.550 e. The number of carbonyl (C=O) groups excluding carboxylic acids is 2. The fourth-order valence-corrected chi connectivity index (χ4v) is 6.57. The first kappa shape index (κ1) is 46.1. The molecule has 0 aliphatic rings. The van der Waals surface area contributed by atoms with Crippen molar-refractivity contribution in [1.82, 2.24) is 0 Å². The highest BCUT2D eigenvalue weighted by atomic mass is 16.4. The Morgan fingerprint density at radius 1 is 0.479 bits per heavy atom. The number of nitrogens with zero attached hydrogens (tertiary/aromatic N) is 2. The van der Waals surface area contributed by atoms with Crippen molar-refractivity contribution in [3.05, 3.63) is 35.4 Å². The van der Waals surface area contributed by atoms with Gasteiger partial charge in [0.25, 0.3) is 0 Å². The summed E-state index contributed by atoms with van der Waals surface area (Å²) in [6.45, 7) is 9.49. The molecule has 1 aromatic rings. The highest BCUT2D eigenvalue weighted by molar-refractivity contribution is 5.65. The molecule has 1 rings (SSSR count). The number of rotatable bonds is 31. The minimum atomic E-state index is -1.14. The van der Waals surface area contributed by atoms with Gasteiger partial charge in [-0.05, 0) is 57.4 Å². The molecule has 0 fully saturated rings. The summed E-state index contributed by atoms with van der Waals surface area (Å²) in [6.07, 6.45) is 28.9. The zero-order chi connectivity index (χ0) is 35.9. The van der Waals surface area contributed by atoms with Crippen molar-refractivity contribution in [1.29, 1.82) is 0 Å².